The fourth-order valence-corrected chi connectivity index (χ4v) is 2.91. The summed E-state index contributed by atoms with van der Waals surface area (Å²) in [5.74, 6) is 0.547. The molecule has 1 fully saturated rings. The van der Waals surface area contributed by atoms with E-state index in [0.29, 0.717) is 11.5 Å². The van der Waals surface area contributed by atoms with Crippen LogP contribution in [0.4, 0.5) is 11.6 Å². The average Bonchev–Trinajstić information content (AvgIpc) is 3.11. The van der Waals surface area contributed by atoms with Crippen LogP contribution >= 0.6 is 0 Å². The molecule has 3 rings (SSSR count). The van der Waals surface area contributed by atoms with Crippen molar-refractivity contribution >= 4 is 17.5 Å². The first kappa shape index (κ1) is 15.5. The number of nitrogens with one attached hydrogen (secondary N) is 1. The minimum absolute atomic E-state index is 0.165. The monoisotopic (exact) mass is 310 g/mol. The van der Waals surface area contributed by atoms with Crippen molar-refractivity contribution in [3.8, 4) is 0 Å². The number of nitrogens with zero attached hydrogens (tertiary/aromatic N) is 3. The highest BCUT2D eigenvalue weighted by molar-refractivity contribution is 6.04. The minimum Gasteiger partial charge on any atom is -0.341 e. The zero-order chi connectivity index (χ0) is 16.2. The number of benzene rings is 1. The number of aromatic nitrogens is 2. The number of aryl methyl sites for hydroxylation is 2. The highest BCUT2D eigenvalue weighted by atomic mass is 16.1. The Labute approximate surface area is 136 Å². The Kier molecular flexibility index (Phi) is 4.55. The molecular formula is C18H22N4O. The second-order valence-corrected chi connectivity index (χ2v) is 5.88. The minimum atomic E-state index is -0.165. The van der Waals surface area contributed by atoms with E-state index in [1.54, 1.807) is 12.4 Å². The fraction of sp³-hybridized carbons (Fsp3) is 0.389. The van der Waals surface area contributed by atoms with Crippen molar-refractivity contribution < 1.29 is 4.79 Å². The van der Waals surface area contributed by atoms with Gasteiger partial charge in [-0.05, 0) is 37.3 Å². The number of carbonyl (C=O) groups is 1. The van der Waals surface area contributed by atoms with Crippen LogP contribution in [-0.4, -0.2) is 29.0 Å². The summed E-state index contributed by atoms with van der Waals surface area (Å²) >= 11 is 0. The largest absolute Gasteiger partial charge is 0.341 e. The maximum absolute atomic E-state index is 12.5. The average molecular weight is 310 g/mol. The molecule has 5 nitrogen and oxygen atoms in total. The summed E-state index contributed by atoms with van der Waals surface area (Å²) in [7, 11) is 0. The van der Waals surface area contributed by atoms with Gasteiger partial charge in [-0.25, -0.2) is 9.97 Å². The Bertz CT molecular complexity index is 691. The Morgan fingerprint density at radius 1 is 1.22 bits per heavy atom. The van der Waals surface area contributed by atoms with Gasteiger partial charge in [-0.2, -0.15) is 0 Å². The van der Waals surface area contributed by atoms with Crippen molar-refractivity contribution in [2.45, 2.75) is 33.1 Å². The Morgan fingerprint density at radius 3 is 2.57 bits per heavy atom. The molecule has 23 heavy (non-hydrogen) atoms. The van der Waals surface area contributed by atoms with Gasteiger partial charge in [-0.1, -0.05) is 25.1 Å². The third kappa shape index (κ3) is 3.33. The summed E-state index contributed by atoms with van der Waals surface area (Å²) in [4.78, 5) is 23.3. The number of anilines is 2. The van der Waals surface area contributed by atoms with Crippen molar-refractivity contribution in [3.63, 3.8) is 0 Å². The summed E-state index contributed by atoms with van der Waals surface area (Å²) in [6, 6.07) is 6.05. The number of hydrogen-bond acceptors (Lipinski definition) is 4. The zero-order valence-electron chi connectivity index (χ0n) is 13.7. The van der Waals surface area contributed by atoms with Crippen molar-refractivity contribution in [1.29, 1.82) is 0 Å². The SMILES string of the molecule is CCc1cccc(C)c1NC(=O)c1cnc(N2CCCC2)nc1. The van der Waals surface area contributed by atoms with Crippen LogP contribution < -0.4 is 10.2 Å². The first-order valence-corrected chi connectivity index (χ1v) is 8.16. The number of carbonyl (C=O) groups excluding carboxylic acids is 1. The molecule has 1 saturated heterocycles. The van der Waals surface area contributed by atoms with Crippen LogP contribution in [-0.2, 0) is 6.42 Å². The molecule has 5 heteroatoms. The smallest absolute Gasteiger partial charge is 0.258 e. The Balaban J connectivity index is 1.76. The van der Waals surface area contributed by atoms with Gasteiger partial charge >= 0.3 is 0 Å². The molecule has 1 amide bonds. The molecule has 0 aliphatic carbocycles. The van der Waals surface area contributed by atoms with Gasteiger partial charge in [0, 0.05) is 31.2 Å². The van der Waals surface area contributed by atoms with Crippen LogP contribution in [0.5, 0.6) is 0 Å². The molecule has 0 radical (unpaired) electrons. The second kappa shape index (κ2) is 6.77. The maximum Gasteiger partial charge on any atom is 0.258 e. The molecule has 2 aromatic rings. The summed E-state index contributed by atoms with van der Waals surface area (Å²) in [6.07, 6.45) is 6.46. The number of para-hydroxylation sites is 1. The van der Waals surface area contributed by atoms with Gasteiger partial charge in [-0.3, -0.25) is 4.79 Å². The summed E-state index contributed by atoms with van der Waals surface area (Å²) in [5, 5.41) is 3.00. The molecule has 1 aliphatic heterocycles. The standard InChI is InChI=1S/C18H22N4O/c1-3-14-8-6-7-13(2)16(14)21-17(23)15-11-19-18(20-12-15)22-9-4-5-10-22/h6-8,11-12H,3-5,9-10H2,1-2H3,(H,21,23). The highest BCUT2D eigenvalue weighted by Crippen LogP contribution is 2.22. The molecule has 0 bridgehead atoms. The van der Waals surface area contributed by atoms with E-state index >= 15 is 0 Å². The molecule has 2 heterocycles. The fourth-order valence-electron chi connectivity index (χ4n) is 2.91. The quantitative estimate of drug-likeness (QED) is 0.942. The lowest BCUT2D eigenvalue weighted by Crippen LogP contribution is -2.21. The van der Waals surface area contributed by atoms with E-state index < -0.39 is 0 Å². The molecule has 1 aromatic heterocycles. The first-order valence-electron chi connectivity index (χ1n) is 8.16. The van der Waals surface area contributed by atoms with E-state index in [-0.39, 0.29) is 5.91 Å². The van der Waals surface area contributed by atoms with Crippen LogP contribution in [0.3, 0.4) is 0 Å². The lowest BCUT2D eigenvalue weighted by atomic mass is 10.1. The van der Waals surface area contributed by atoms with Crippen molar-refractivity contribution in [2.75, 3.05) is 23.3 Å². The second-order valence-electron chi connectivity index (χ2n) is 5.88. The highest BCUT2D eigenvalue weighted by Gasteiger charge is 2.16. The van der Waals surface area contributed by atoms with Crippen LogP contribution in [0.25, 0.3) is 0 Å². The predicted octanol–water partition coefficient (Wildman–Crippen LogP) is 3.20. The van der Waals surface area contributed by atoms with Crippen molar-refractivity contribution in [3.05, 3.63) is 47.3 Å². The van der Waals surface area contributed by atoms with Gasteiger partial charge in [0.15, 0.2) is 0 Å². The van der Waals surface area contributed by atoms with Crippen LogP contribution in [0.2, 0.25) is 0 Å². The molecule has 0 spiro atoms. The summed E-state index contributed by atoms with van der Waals surface area (Å²) < 4.78 is 0. The van der Waals surface area contributed by atoms with E-state index in [2.05, 4.69) is 27.1 Å². The van der Waals surface area contributed by atoms with E-state index in [0.717, 1.165) is 36.3 Å². The zero-order valence-corrected chi connectivity index (χ0v) is 13.7. The van der Waals surface area contributed by atoms with Crippen molar-refractivity contribution in [1.82, 2.24) is 9.97 Å². The lowest BCUT2D eigenvalue weighted by Gasteiger charge is -2.15. The van der Waals surface area contributed by atoms with E-state index in [1.165, 1.54) is 12.8 Å². The molecule has 1 aliphatic rings. The molecular weight excluding hydrogens is 288 g/mol. The third-order valence-electron chi connectivity index (χ3n) is 4.27. The van der Waals surface area contributed by atoms with E-state index in [1.807, 2.05) is 25.1 Å². The summed E-state index contributed by atoms with van der Waals surface area (Å²) in [6.45, 7) is 6.07. The van der Waals surface area contributed by atoms with Gasteiger partial charge in [0.25, 0.3) is 5.91 Å². The lowest BCUT2D eigenvalue weighted by molar-refractivity contribution is 0.102. The number of hydrogen-bond donors (Lipinski definition) is 1. The topological polar surface area (TPSA) is 58.1 Å². The molecule has 0 saturated carbocycles. The normalized spacial score (nSPS) is 14.1. The maximum atomic E-state index is 12.5. The molecule has 1 N–H and O–H groups in total. The molecule has 0 atom stereocenters. The van der Waals surface area contributed by atoms with Gasteiger partial charge in [0.05, 0.1) is 5.56 Å². The molecule has 120 valence electrons. The Hall–Kier alpha value is -2.43. The van der Waals surface area contributed by atoms with E-state index in [4.69, 9.17) is 0 Å². The predicted molar refractivity (Wildman–Crippen MR) is 92.0 cm³/mol. The van der Waals surface area contributed by atoms with Gasteiger partial charge < -0.3 is 10.2 Å². The molecule has 1 aromatic carbocycles. The third-order valence-corrected chi connectivity index (χ3v) is 4.27. The van der Waals surface area contributed by atoms with Crippen LogP contribution in [0.15, 0.2) is 30.6 Å². The molecule has 0 unspecified atom stereocenters. The number of rotatable bonds is 4. The van der Waals surface area contributed by atoms with Crippen molar-refractivity contribution in [2.24, 2.45) is 0 Å². The van der Waals surface area contributed by atoms with Gasteiger partial charge in [0.1, 0.15) is 0 Å². The van der Waals surface area contributed by atoms with E-state index in [9.17, 15) is 4.79 Å². The number of amides is 1. The summed E-state index contributed by atoms with van der Waals surface area (Å²) in [5.41, 5.74) is 3.57. The van der Waals surface area contributed by atoms with Crippen LogP contribution in [0.1, 0.15) is 41.3 Å². The van der Waals surface area contributed by atoms with Gasteiger partial charge in [0.2, 0.25) is 5.95 Å². The van der Waals surface area contributed by atoms with Gasteiger partial charge in [-0.15, -0.1) is 0 Å². The Morgan fingerprint density at radius 2 is 1.91 bits per heavy atom. The van der Waals surface area contributed by atoms with Crippen LogP contribution in [0, 0.1) is 6.92 Å². The first-order chi connectivity index (χ1) is 11.2.